The van der Waals surface area contributed by atoms with E-state index in [0.717, 1.165) is 39.1 Å². The zero-order valence-electron chi connectivity index (χ0n) is 10.2. The van der Waals surface area contributed by atoms with E-state index in [-0.39, 0.29) is 0 Å². The Balaban J connectivity index is 2.81. The number of hydrogen-bond donors (Lipinski definition) is 2. The van der Waals surface area contributed by atoms with Crippen molar-refractivity contribution < 1.29 is 9.57 Å². The highest BCUT2D eigenvalue weighted by Gasteiger charge is 1.89. The lowest BCUT2D eigenvalue weighted by Gasteiger charge is -2.07. The van der Waals surface area contributed by atoms with Crippen LogP contribution in [0.25, 0.3) is 0 Å². The standard InChI is InChI=1S/C11H26N2O2/c1-3-5-6-10-15-13-8-7-12-11-14-9-4-2/h12-13H,3-11H2,1-2H3. The molecular formula is C11H26N2O2. The van der Waals surface area contributed by atoms with Gasteiger partial charge in [-0.15, -0.1) is 0 Å². The maximum absolute atomic E-state index is 5.26. The first kappa shape index (κ1) is 14.8. The van der Waals surface area contributed by atoms with Crippen LogP contribution in [0.2, 0.25) is 0 Å². The number of rotatable bonds is 12. The molecule has 0 saturated heterocycles. The molecule has 0 spiro atoms. The quantitative estimate of drug-likeness (QED) is 0.297. The number of hydroxylamine groups is 1. The lowest BCUT2D eigenvalue weighted by molar-refractivity contribution is 0.0369. The Morgan fingerprint density at radius 1 is 0.933 bits per heavy atom. The summed E-state index contributed by atoms with van der Waals surface area (Å²) >= 11 is 0. The first-order chi connectivity index (χ1) is 7.41. The second kappa shape index (κ2) is 13.8. The SMILES string of the molecule is CCCCCONCCNCOCCC. The van der Waals surface area contributed by atoms with Crippen molar-refractivity contribution in [3.8, 4) is 0 Å². The Morgan fingerprint density at radius 2 is 1.80 bits per heavy atom. The second-order valence-corrected chi connectivity index (χ2v) is 3.50. The Kier molecular flexibility index (Phi) is 13.7. The lowest BCUT2D eigenvalue weighted by atomic mass is 10.3. The van der Waals surface area contributed by atoms with Gasteiger partial charge in [0.05, 0.1) is 13.3 Å². The average Bonchev–Trinajstić information content (AvgIpc) is 2.26. The fourth-order valence-electron chi connectivity index (χ4n) is 1.07. The molecule has 0 unspecified atom stereocenters. The monoisotopic (exact) mass is 218 g/mol. The largest absolute Gasteiger partial charge is 0.366 e. The van der Waals surface area contributed by atoms with Crippen LogP contribution in [0, 0.1) is 0 Å². The summed E-state index contributed by atoms with van der Waals surface area (Å²) in [6, 6.07) is 0. The predicted molar refractivity (Wildman–Crippen MR) is 62.6 cm³/mol. The third-order valence-electron chi connectivity index (χ3n) is 1.91. The van der Waals surface area contributed by atoms with Gasteiger partial charge in [0.2, 0.25) is 0 Å². The van der Waals surface area contributed by atoms with Crippen molar-refractivity contribution in [2.45, 2.75) is 39.5 Å². The smallest absolute Gasteiger partial charge is 0.0965 e. The molecule has 0 amide bonds. The summed E-state index contributed by atoms with van der Waals surface area (Å²) in [7, 11) is 0. The van der Waals surface area contributed by atoms with E-state index in [2.05, 4.69) is 24.6 Å². The van der Waals surface area contributed by atoms with Crippen molar-refractivity contribution in [2.75, 3.05) is 33.0 Å². The fourth-order valence-corrected chi connectivity index (χ4v) is 1.07. The molecular weight excluding hydrogens is 192 g/mol. The predicted octanol–water partition coefficient (Wildman–Crippen LogP) is 1.67. The molecule has 4 nitrogen and oxygen atoms in total. The van der Waals surface area contributed by atoms with Gasteiger partial charge in [0.1, 0.15) is 0 Å². The number of ether oxygens (including phenoxy) is 1. The molecule has 4 heteroatoms. The van der Waals surface area contributed by atoms with E-state index in [1.807, 2.05) is 0 Å². The van der Waals surface area contributed by atoms with Crippen LogP contribution < -0.4 is 10.8 Å². The highest BCUT2D eigenvalue weighted by molar-refractivity contribution is 4.41. The van der Waals surface area contributed by atoms with E-state index < -0.39 is 0 Å². The van der Waals surface area contributed by atoms with Crippen molar-refractivity contribution in [3.63, 3.8) is 0 Å². The van der Waals surface area contributed by atoms with Crippen molar-refractivity contribution >= 4 is 0 Å². The van der Waals surface area contributed by atoms with Gasteiger partial charge in [-0.25, -0.2) is 5.48 Å². The maximum atomic E-state index is 5.26. The van der Waals surface area contributed by atoms with Crippen molar-refractivity contribution in [1.29, 1.82) is 0 Å². The summed E-state index contributed by atoms with van der Waals surface area (Å²) in [5, 5.41) is 3.16. The minimum Gasteiger partial charge on any atom is -0.366 e. The molecule has 0 aliphatic rings. The zero-order valence-corrected chi connectivity index (χ0v) is 10.2. The molecule has 0 rings (SSSR count). The number of unbranched alkanes of at least 4 members (excludes halogenated alkanes) is 2. The molecule has 0 radical (unpaired) electrons. The van der Waals surface area contributed by atoms with Gasteiger partial charge in [0, 0.05) is 19.7 Å². The molecule has 2 N–H and O–H groups in total. The topological polar surface area (TPSA) is 42.5 Å². The van der Waals surface area contributed by atoms with Gasteiger partial charge < -0.3 is 9.57 Å². The van der Waals surface area contributed by atoms with E-state index in [1.54, 1.807) is 0 Å². The molecule has 0 fully saturated rings. The van der Waals surface area contributed by atoms with Crippen molar-refractivity contribution in [2.24, 2.45) is 0 Å². The first-order valence-electron chi connectivity index (χ1n) is 6.05. The molecule has 15 heavy (non-hydrogen) atoms. The van der Waals surface area contributed by atoms with Gasteiger partial charge in [-0.1, -0.05) is 26.7 Å². The summed E-state index contributed by atoms with van der Waals surface area (Å²) in [4.78, 5) is 5.23. The van der Waals surface area contributed by atoms with Gasteiger partial charge in [-0.2, -0.15) is 0 Å². The third kappa shape index (κ3) is 13.8. The molecule has 0 bridgehead atoms. The average molecular weight is 218 g/mol. The normalized spacial score (nSPS) is 10.8. The molecule has 0 saturated carbocycles. The lowest BCUT2D eigenvalue weighted by Crippen LogP contribution is -2.29. The Bertz CT molecular complexity index is 101. The molecule has 0 aliphatic heterocycles. The van der Waals surface area contributed by atoms with E-state index in [0.29, 0.717) is 6.73 Å². The highest BCUT2D eigenvalue weighted by atomic mass is 16.6. The second-order valence-electron chi connectivity index (χ2n) is 3.50. The Labute approximate surface area is 93.7 Å². The molecule has 0 aromatic rings. The summed E-state index contributed by atoms with van der Waals surface area (Å²) in [5.41, 5.74) is 2.92. The van der Waals surface area contributed by atoms with E-state index >= 15 is 0 Å². The molecule has 92 valence electrons. The van der Waals surface area contributed by atoms with Crippen LogP contribution in [-0.4, -0.2) is 33.0 Å². The summed E-state index contributed by atoms with van der Waals surface area (Å²) in [6.45, 7) is 8.25. The summed E-state index contributed by atoms with van der Waals surface area (Å²) in [5.74, 6) is 0. The third-order valence-corrected chi connectivity index (χ3v) is 1.91. The molecule has 0 aromatic heterocycles. The maximum Gasteiger partial charge on any atom is 0.0965 e. The highest BCUT2D eigenvalue weighted by Crippen LogP contribution is 1.92. The van der Waals surface area contributed by atoms with Crippen LogP contribution in [0.3, 0.4) is 0 Å². The minimum absolute atomic E-state index is 0.630. The summed E-state index contributed by atoms with van der Waals surface area (Å²) < 4.78 is 5.26. The van der Waals surface area contributed by atoms with Gasteiger partial charge >= 0.3 is 0 Å². The van der Waals surface area contributed by atoms with Crippen LogP contribution in [0.5, 0.6) is 0 Å². The van der Waals surface area contributed by atoms with Crippen LogP contribution in [0.15, 0.2) is 0 Å². The first-order valence-corrected chi connectivity index (χ1v) is 6.05. The van der Waals surface area contributed by atoms with Crippen LogP contribution in [0.4, 0.5) is 0 Å². The van der Waals surface area contributed by atoms with Crippen LogP contribution in [-0.2, 0) is 9.57 Å². The molecule has 0 heterocycles. The zero-order chi connectivity index (χ0) is 11.2. The minimum atomic E-state index is 0.630. The van der Waals surface area contributed by atoms with Gasteiger partial charge in [-0.05, 0) is 12.8 Å². The van der Waals surface area contributed by atoms with Crippen molar-refractivity contribution in [1.82, 2.24) is 10.8 Å². The Morgan fingerprint density at radius 3 is 2.53 bits per heavy atom. The van der Waals surface area contributed by atoms with Crippen LogP contribution in [0.1, 0.15) is 39.5 Å². The fraction of sp³-hybridized carbons (Fsp3) is 1.00. The Hall–Kier alpha value is -0.160. The van der Waals surface area contributed by atoms with E-state index in [4.69, 9.17) is 9.57 Å². The molecule has 0 aliphatic carbocycles. The van der Waals surface area contributed by atoms with Gasteiger partial charge in [0.25, 0.3) is 0 Å². The van der Waals surface area contributed by atoms with Crippen LogP contribution >= 0.6 is 0 Å². The van der Waals surface area contributed by atoms with E-state index in [1.165, 1.54) is 12.8 Å². The van der Waals surface area contributed by atoms with Crippen molar-refractivity contribution in [3.05, 3.63) is 0 Å². The van der Waals surface area contributed by atoms with Gasteiger partial charge in [0.15, 0.2) is 0 Å². The molecule has 0 aromatic carbocycles. The summed E-state index contributed by atoms with van der Waals surface area (Å²) in [6.07, 6.45) is 4.68. The van der Waals surface area contributed by atoms with Gasteiger partial charge in [-0.3, -0.25) is 5.32 Å². The molecule has 0 atom stereocenters. The number of nitrogens with one attached hydrogen (secondary N) is 2. The van der Waals surface area contributed by atoms with E-state index in [9.17, 15) is 0 Å². The number of hydrogen-bond acceptors (Lipinski definition) is 4.